The Morgan fingerprint density at radius 2 is 1.77 bits per heavy atom. The summed E-state index contributed by atoms with van der Waals surface area (Å²) in [6.07, 6.45) is 7.10. The Kier molecular flexibility index (Phi) is 8.43. The molecular weight excluding hydrogens is 506 g/mol. The monoisotopic (exact) mass is 537 g/mol. The first-order valence-electron chi connectivity index (χ1n) is 13.2. The Bertz CT molecular complexity index is 1560. The van der Waals surface area contributed by atoms with E-state index in [9.17, 15) is 9.59 Å². The number of unbranched alkanes of at least 4 members (excludes halogenated alkanes) is 2. The van der Waals surface area contributed by atoms with Gasteiger partial charge in [-0.05, 0) is 41.8 Å². The molecule has 198 valence electrons. The number of H-pyrrole nitrogens is 1. The van der Waals surface area contributed by atoms with Gasteiger partial charge in [-0.2, -0.15) is 0 Å². The number of carbonyl (C=O) groups is 2. The van der Waals surface area contributed by atoms with Crippen molar-refractivity contribution in [3.8, 4) is 11.3 Å². The predicted octanol–water partition coefficient (Wildman–Crippen LogP) is 7.03. The van der Waals surface area contributed by atoms with Gasteiger partial charge in [-0.15, -0.1) is 11.3 Å². The van der Waals surface area contributed by atoms with E-state index in [1.807, 2.05) is 49.6 Å². The van der Waals surface area contributed by atoms with Gasteiger partial charge >= 0.3 is 0 Å². The van der Waals surface area contributed by atoms with E-state index in [1.165, 1.54) is 16.7 Å². The molecule has 2 aromatic heterocycles. The predicted molar refractivity (Wildman–Crippen MR) is 157 cm³/mol. The van der Waals surface area contributed by atoms with Gasteiger partial charge in [0.2, 0.25) is 0 Å². The maximum atomic E-state index is 12.9. The zero-order valence-corrected chi connectivity index (χ0v) is 22.6. The molecule has 0 fully saturated rings. The summed E-state index contributed by atoms with van der Waals surface area (Å²) in [5, 5.41) is 8.57. The Balaban J connectivity index is 1.24. The van der Waals surface area contributed by atoms with Crippen LogP contribution < -0.4 is 10.6 Å². The number of anilines is 1. The van der Waals surface area contributed by atoms with Crippen LogP contribution in [0.4, 0.5) is 5.69 Å². The fourth-order valence-corrected chi connectivity index (χ4v) is 5.26. The number of benzene rings is 3. The number of Topliss-reactive ketones (excluding diaryl/α,β-unsaturated/α-hetero) is 1. The minimum absolute atomic E-state index is 0.140. The molecule has 7 nitrogen and oxygen atoms in total. The fraction of sp³-hybridized carbons (Fsp3) is 0.226. The molecule has 0 aliphatic carbocycles. The van der Waals surface area contributed by atoms with Crippen LogP contribution in [0.1, 0.15) is 64.0 Å². The average molecular weight is 538 g/mol. The molecule has 0 saturated heterocycles. The molecule has 0 aliphatic rings. The van der Waals surface area contributed by atoms with E-state index >= 15 is 0 Å². The summed E-state index contributed by atoms with van der Waals surface area (Å²) in [4.78, 5) is 38.3. The fourth-order valence-electron chi connectivity index (χ4n) is 4.74. The van der Waals surface area contributed by atoms with Crippen LogP contribution >= 0.6 is 11.3 Å². The normalized spacial score (nSPS) is 11.8. The summed E-state index contributed by atoms with van der Waals surface area (Å²) >= 11 is 1.31. The van der Waals surface area contributed by atoms with Gasteiger partial charge in [-0.1, -0.05) is 61.4 Å². The SMILES string of the molecule is CNc1ccccc1C(=O)CCCCC[C@H](NC(=O)c1cncs1)c1ncc(-c2ccc3ccccc3c2)[nH]1. The summed E-state index contributed by atoms with van der Waals surface area (Å²) in [6.45, 7) is 0. The first-order valence-corrected chi connectivity index (χ1v) is 14.0. The second-order valence-electron chi connectivity index (χ2n) is 9.45. The molecule has 2 heterocycles. The number of hydrogen-bond acceptors (Lipinski definition) is 6. The number of rotatable bonds is 12. The lowest BCUT2D eigenvalue weighted by Gasteiger charge is -2.16. The summed E-state index contributed by atoms with van der Waals surface area (Å²) < 4.78 is 0. The number of para-hydroxylation sites is 1. The van der Waals surface area contributed by atoms with Gasteiger partial charge in [-0.3, -0.25) is 14.6 Å². The summed E-state index contributed by atoms with van der Waals surface area (Å²) in [6, 6.07) is 21.9. The Morgan fingerprint density at radius 1 is 0.949 bits per heavy atom. The van der Waals surface area contributed by atoms with E-state index in [2.05, 4.69) is 55.9 Å². The number of amides is 1. The molecule has 0 spiro atoms. The standard InChI is InChI=1S/C31H31N5O2S/c1-32-25-12-8-7-11-24(25)28(37)14-4-2-3-13-26(36-31(38)29-19-33-20-39-29)30-34-18-27(35-30)23-16-15-21-9-5-6-10-22(21)17-23/h5-12,15-20,26,32H,2-4,13-14H2,1H3,(H,34,35)(H,36,38)/t26-/m0/s1. The first-order chi connectivity index (χ1) is 19.1. The van der Waals surface area contributed by atoms with E-state index in [-0.39, 0.29) is 17.7 Å². The van der Waals surface area contributed by atoms with Crippen LogP contribution in [0.5, 0.6) is 0 Å². The van der Waals surface area contributed by atoms with Gasteiger partial charge in [0.05, 0.1) is 29.6 Å². The van der Waals surface area contributed by atoms with Crippen LogP contribution in [0.15, 0.2) is 84.6 Å². The number of fused-ring (bicyclic) bond motifs is 1. The van der Waals surface area contributed by atoms with Crippen molar-refractivity contribution in [2.75, 3.05) is 12.4 Å². The van der Waals surface area contributed by atoms with Crippen molar-refractivity contribution in [2.24, 2.45) is 0 Å². The van der Waals surface area contributed by atoms with Gasteiger partial charge in [0.1, 0.15) is 10.7 Å². The quantitative estimate of drug-likeness (QED) is 0.117. The maximum absolute atomic E-state index is 12.9. The smallest absolute Gasteiger partial charge is 0.263 e. The van der Waals surface area contributed by atoms with Crippen LogP contribution in [0.2, 0.25) is 0 Å². The highest BCUT2D eigenvalue weighted by molar-refractivity contribution is 7.11. The highest BCUT2D eigenvalue weighted by Crippen LogP contribution is 2.26. The van der Waals surface area contributed by atoms with Crippen LogP contribution in [0, 0.1) is 0 Å². The van der Waals surface area contributed by atoms with Gasteiger partial charge in [-0.25, -0.2) is 4.98 Å². The van der Waals surface area contributed by atoms with Crippen LogP contribution in [-0.4, -0.2) is 33.7 Å². The first kappa shape index (κ1) is 26.3. The molecule has 0 radical (unpaired) electrons. The third-order valence-electron chi connectivity index (χ3n) is 6.84. The lowest BCUT2D eigenvalue weighted by Crippen LogP contribution is -2.28. The van der Waals surface area contributed by atoms with Crippen molar-refractivity contribution in [1.82, 2.24) is 20.3 Å². The molecule has 0 aliphatic heterocycles. The molecular formula is C31H31N5O2S. The van der Waals surface area contributed by atoms with Gasteiger partial charge in [0.25, 0.3) is 5.91 Å². The maximum Gasteiger partial charge on any atom is 0.263 e. The third-order valence-corrected chi connectivity index (χ3v) is 7.61. The number of thiazole rings is 1. The Labute approximate surface area is 231 Å². The molecule has 8 heteroatoms. The van der Waals surface area contributed by atoms with Gasteiger partial charge in [0.15, 0.2) is 5.78 Å². The average Bonchev–Trinajstić information content (AvgIpc) is 3.69. The minimum Gasteiger partial charge on any atom is -0.388 e. The molecule has 0 saturated carbocycles. The topological polar surface area (TPSA) is 99.8 Å². The molecule has 1 amide bonds. The van der Waals surface area contributed by atoms with E-state index in [0.29, 0.717) is 17.7 Å². The van der Waals surface area contributed by atoms with Crippen molar-refractivity contribution in [3.63, 3.8) is 0 Å². The largest absolute Gasteiger partial charge is 0.388 e. The second-order valence-corrected chi connectivity index (χ2v) is 10.3. The van der Waals surface area contributed by atoms with Crippen molar-refractivity contribution in [1.29, 1.82) is 0 Å². The molecule has 0 bridgehead atoms. The van der Waals surface area contributed by atoms with E-state index in [0.717, 1.165) is 53.0 Å². The number of aromatic amines is 1. The van der Waals surface area contributed by atoms with Gasteiger partial charge < -0.3 is 15.6 Å². The number of carbonyl (C=O) groups excluding carboxylic acids is 2. The molecule has 5 rings (SSSR count). The summed E-state index contributed by atoms with van der Waals surface area (Å²) in [5.74, 6) is 0.695. The van der Waals surface area contributed by atoms with E-state index in [4.69, 9.17) is 0 Å². The number of nitrogens with one attached hydrogen (secondary N) is 3. The molecule has 39 heavy (non-hydrogen) atoms. The number of nitrogens with zero attached hydrogens (tertiary/aromatic N) is 2. The highest BCUT2D eigenvalue weighted by Gasteiger charge is 2.20. The van der Waals surface area contributed by atoms with Crippen molar-refractivity contribution in [3.05, 3.63) is 101 Å². The van der Waals surface area contributed by atoms with Crippen LogP contribution in [0.25, 0.3) is 22.0 Å². The highest BCUT2D eigenvalue weighted by atomic mass is 32.1. The number of ketones is 1. The lowest BCUT2D eigenvalue weighted by atomic mass is 10.0. The number of imidazole rings is 1. The van der Waals surface area contributed by atoms with Crippen LogP contribution in [0.3, 0.4) is 0 Å². The zero-order valence-electron chi connectivity index (χ0n) is 21.8. The lowest BCUT2D eigenvalue weighted by molar-refractivity contribution is 0.0935. The molecule has 3 aromatic carbocycles. The number of aromatic nitrogens is 3. The zero-order chi connectivity index (χ0) is 27.0. The van der Waals surface area contributed by atoms with E-state index in [1.54, 1.807) is 11.7 Å². The van der Waals surface area contributed by atoms with Gasteiger partial charge in [0, 0.05) is 30.3 Å². The van der Waals surface area contributed by atoms with Crippen molar-refractivity contribution < 1.29 is 9.59 Å². The van der Waals surface area contributed by atoms with Crippen molar-refractivity contribution >= 4 is 39.5 Å². The Hall–Kier alpha value is -4.30. The Morgan fingerprint density at radius 3 is 2.59 bits per heavy atom. The summed E-state index contributed by atoms with van der Waals surface area (Å²) in [7, 11) is 1.83. The van der Waals surface area contributed by atoms with Crippen molar-refractivity contribution in [2.45, 2.75) is 38.1 Å². The molecule has 5 aromatic rings. The van der Waals surface area contributed by atoms with E-state index < -0.39 is 0 Å². The molecule has 3 N–H and O–H groups in total. The molecule has 1 atom stereocenters. The van der Waals surface area contributed by atoms with Crippen LogP contribution in [-0.2, 0) is 0 Å². The minimum atomic E-state index is -0.283. The second kappa shape index (κ2) is 12.5. The number of hydrogen-bond donors (Lipinski definition) is 3. The summed E-state index contributed by atoms with van der Waals surface area (Å²) in [5.41, 5.74) is 5.18. The third kappa shape index (κ3) is 6.41. The molecule has 0 unspecified atom stereocenters.